The van der Waals surface area contributed by atoms with Crippen LogP contribution in [0.25, 0.3) is 22.3 Å². The average molecular weight is 671 g/mol. The fourth-order valence-electron chi connectivity index (χ4n) is 1.46. The third-order valence-corrected chi connectivity index (χ3v) is 3.61. The number of rotatable bonds is 2. The van der Waals surface area contributed by atoms with Gasteiger partial charge in [0.05, 0.1) is 0 Å². The molecule has 6 nitrogen and oxygen atoms in total. The first-order valence-electron chi connectivity index (χ1n) is 6.83. The quantitative estimate of drug-likeness (QED) is 0.155. The number of para-hydroxylation sites is 2. The summed E-state index contributed by atoms with van der Waals surface area (Å²) < 4.78 is 0. The zero-order valence-electron chi connectivity index (χ0n) is 14.5. The van der Waals surface area contributed by atoms with Crippen LogP contribution in [0.4, 0.5) is 11.4 Å². The number of nitrogens with one attached hydrogen (secondary N) is 2. The molecule has 27 heavy (non-hydrogen) atoms. The molecule has 0 heterocycles. The third-order valence-electron chi connectivity index (χ3n) is 2.52. The van der Waals surface area contributed by atoms with E-state index in [9.17, 15) is 0 Å². The second-order valence-corrected chi connectivity index (χ2v) is 5.64. The van der Waals surface area contributed by atoms with Gasteiger partial charge in [-0.1, -0.05) is 60.7 Å². The van der Waals surface area contributed by atoms with Gasteiger partial charge in [0.25, 0.3) is 0 Å². The van der Waals surface area contributed by atoms with E-state index >= 15 is 0 Å². The fourth-order valence-corrected chi connectivity index (χ4v) is 2.03. The Balaban J connectivity index is -0.000000384. The standard InChI is InChI=1S/2C8H9N3S.2HI.Ni/c2*1-12-8(11-9)10-7-5-3-2-4-6-7;;;/h2*2-6,9H,1H3;2*1H;/q2*-2;;;+2/p-2. The number of benzene rings is 2. The Hall–Kier alpha value is -0.366. The van der Waals surface area contributed by atoms with Crippen LogP contribution in [0.2, 0.25) is 0 Å². The molecule has 0 bridgehead atoms. The molecule has 0 saturated carbocycles. The monoisotopic (exact) mass is 670 g/mol. The second kappa shape index (κ2) is 20.4. The molecule has 2 N–H and O–H groups in total. The number of halogens is 2. The van der Waals surface area contributed by atoms with Crippen molar-refractivity contribution < 1.29 is 64.4 Å². The molecular weight excluding hydrogens is 653 g/mol. The van der Waals surface area contributed by atoms with Crippen LogP contribution in [0.1, 0.15) is 0 Å². The van der Waals surface area contributed by atoms with Crippen molar-refractivity contribution in [2.24, 2.45) is 10.2 Å². The summed E-state index contributed by atoms with van der Waals surface area (Å²) >= 11 is 2.72. The Morgan fingerprint density at radius 3 is 1.22 bits per heavy atom. The zero-order chi connectivity index (χ0) is 17.6. The molecule has 11 heteroatoms. The first kappa shape index (κ1) is 31.3. The van der Waals surface area contributed by atoms with Crippen molar-refractivity contribution >= 4 is 45.2 Å². The van der Waals surface area contributed by atoms with Gasteiger partial charge >= 0.3 is 16.5 Å². The molecule has 0 unspecified atom stereocenters. The van der Waals surface area contributed by atoms with E-state index < -0.39 is 0 Å². The molecule has 0 atom stereocenters. The largest absolute Gasteiger partial charge is 2.00 e. The molecule has 0 aliphatic carbocycles. The molecule has 0 aliphatic rings. The Bertz CT molecular complexity index is 590. The van der Waals surface area contributed by atoms with E-state index in [0.717, 1.165) is 11.4 Å². The van der Waals surface area contributed by atoms with Crippen LogP contribution in [0.15, 0.2) is 70.9 Å². The van der Waals surface area contributed by atoms with Gasteiger partial charge in [-0.05, 0) is 34.2 Å². The van der Waals surface area contributed by atoms with Crippen LogP contribution >= 0.6 is 23.5 Å². The van der Waals surface area contributed by atoms with E-state index in [4.69, 9.17) is 11.7 Å². The first-order valence-corrected chi connectivity index (χ1v) is 9.28. The van der Waals surface area contributed by atoms with E-state index in [2.05, 4.69) is 20.8 Å². The number of hydrogen-bond acceptors (Lipinski definition) is 4. The third kappa shape index (κ3) is 14.3. The Kier molecular flexibility index (Phi) is 23.6. The SMILES string of the molecule is CS/C(=N/[NH-])[N-]c1ccccc1.CS/C(=N/[NH-])[N-]c1ccccc1.[I-].[I-].[Ni+2]. The van der Waals surface area contributed by atoms with Gasteiger partial charge in [0.1, 0.15) is 0 Å². The van der Waals surface area contributed by atoms with Crippen molar-refractivity contribution in [1.29, 1.82) is 0 Å². The van der Waals surface area contributed by atoms with Crippen molar-refractivity contribution in [1.82, 2.24) is 0 Å². The number of amidine groups is 2. The van der Waals surface area contributed by atoms with Crippen molar-refractivity contribution in [3.63, 3.8) is 0 Å². The average Bonchev–Trinajstić information content (AvgIpc) is 2.66. The molecule has 2 aromatic carbocycles. The van der Waals surface area contributed by atoms with Crippen molar-refractivity contribution in [3.8, 4) is 0 Å². The molecule has 0 aliphatic heterocycles. The summed E-state index contributed by atoms with van der Waals surface area (Å²) in [6.07, 6.45) is 3.69. The molecule has 0 spiro atoms. The fraction of sp³-hybridized carbons (Fsp3) is 0.125. The summed E-state index contributed by atoms with van der Waals surface area (Å²) in [4.78, 5) is 0. The van der Waals surface area contributed by atoms with Crippen LogP contribution in [-0.2, 0) is 16.5 Å². The van der Waals surface area contributed by atoms with Crippen molar-refractivity contribution in [3.05, 3.63) is 83.0 Å². The topological polar surface area (TPSA) is 101 Å². The van der Waals surface area contributed by atoms with Gasteiger partial charge in [-0.2, -0.15) is 0 Å². The van der Waals surface area contributed by atoms with Gasteiger partial charge < -0.3 is 80.5 Å². The van der Waals surface area contributed by atoms with Gasteiger partial charge in [-0.15, -0.1) is 23.5 Å². The Labute approximate surface area is 213 Å². The maximum Gasteiger partial charge on any atom is 2.00 e. The Morgan fingerprint density at radius 1 is 0.704 bits per heavy atom. The summed E-state index contributed by atoms with van der Waals surface area (Å²) in [6, 6.07) is 19.0. The molecule has 2 aromatic rings. The molecule has 0 fully saturated rings. The minimum Gasteiger partial charge on any atom is -1.00 e. The van der Waals surface area contributed by atoms with E-state index in [1.54, 1.807) is 0 Å². The molecule has 0 radical (unpaired) electrons. The van der Waals surface area contributed by atoms with Crippen LogP contribution in [0.3, 0.4) is 0 Å². The summed E-state index contributed by atoms with van der Waals surface area (Å²) in [7, 11) is 0. The number of thioether (sulfide) groups is 2. The van der Waals surface area contributed by atoms with Gasteiger partial charge in [-0.3, -0.25) is 0 Å². The van der Waals surface area contributed by atoms with E-state index in [-0.39, 0.29) is 64.4 Å². The molecule has 2 rings (SSSR count). The maximum absolute atomic E-state index is 6.78. The summed E-state index contributed by atoms with van der Waals surface area (Å²) in [6.45, 7) is 0. The predicted octanol–water partition coefficient (Wildman–Crippen LogP) is 0.762. The van der Waals surface area contributed by atoms with Gasteiger partial charge in [0.15, 0.2) is 0 Å². The van der Waals surface area contributed by atoms with Gasteiger partial charge in [0.2, 0.25) is 0 Å². The summed E-state index contributed by atoms with van der Waals surface area (Å²) in [5, 5.41) is 15.7. The van der Waals surface area contributed by atoms with Crippen LogP contribution in [-0.4, -0.2) is 22.8 Å². The molecular formula is C16H18I2N6NiS2-4. The number of nitrogens with zero attached hydrogens (tertiary/aromatic N) is 4. The number of hydrogen-bond donors (Lipinski definition) is 0. The minimum absolute atomic E-state index is 0. The molecule has 152 valence electrons. The molecule has 0 amide bonds. The van der Waals surface area contributed by atoms with E-state index in [1.807, 2.05) is 73.2 Å². The van der Waals surface area contributed by atoms with Crippen molar-refractivity contribution in [2.45, 2.75) is 0 Å². The summed E-state index contributed by atoms with van der Waals surface area (Å²) in [5.41, 5.74) is 1.66. The van der Waals surface area contributed by atoms with E-state index in [0.29, 0.717) is 10.3 Å². The van der Waals surface area contributed by atoms with Crippen LogP contribution in [0, 0.1) is 0 Å². The molecule has 0 saturated heterocycles. The van der Waals surface area contributed by atoms with E-state index in [1.165, 1.54) is 23.5 Å². The Morgan fingerprint density at radius 2 is 1.00 bits per heavy atom. The maximum atomic E-state index is 6.78. The smallest absolute Gasteiger partial charge is 1.00 e. The second-order valence-electron chi connectivity index (χ2n) is 4.09. The van der Waals surface area contributed by atoms with Gasteiger partial charge in [-0.25, -0.2) is 0 Å². The van der Waals surface area contributed by atoms with Crippen LogP contribution in [0.5, 0.6) is 0 Å². The minimum atomic E-state index is 0. The van der Waals surface area contributed by atoms with Crippen molar-refractivity contribution in [2.75, 3.05) is 12.5 Å². The zero-order valence-corrected chi connectivity index (χ0v) is 21.4. The summed E-state index contributed by atoms with van der Waals surface area (Å²) in [5.74, 6) is 13.6. The predicted molar refractivity (Wildman–Crippen MR) is 109 cm³/mol. The first-order chi connectivity index (χ1) is 11.7. The van der Waals surface area contributed by atoms with Crippen LogP contribution < -0.4 is 48.0 Å². The molecule has 0 aromatic heterocycles. The van der Waals surface area contributed by atoms with Gasteiger partial charge in [0, 0.05) is 0 Å². The normalized spacial score (nSPS) is 10.0.